The summed E-state index contributed by atoms with van der Waals surface area (Å²) in [5.41, 5.74) is 3.68. The first kappa shape index (κ1) is 18.3. The van der Waals surface area contributed by atoms with Crippen molar-refractivity contribution < 1.29 is 14.2 Å². The number of aromatic nitrogens is 1. The average molecular weight is 376 g/mol. The van der Waals surface area contributed by atoms with Gasteiger partial charge in [-0.15, -0.1) is 0 Å². The second-order valence-corrected chi connectivity index (χ2v) is 6.63. The van der Waals surface area contributed by atoms with Crippen LogP contribution in [0.5, 0.6) is 23.1 Å². The van der Waals surface area contributed by atoms with E-state index in [1.807, 2.05) is 49.5 Å². The van der Waals surface area contributed by atoms with E-state index in [0.717, 1.165) is 43.2 Å². The molecule has 5 nitrogen and oxygen atoms in total. The summed E-state index contributed by atoms with van der Waals surface area (Å²) < 4.78 is 17.0. The van der Waals surface area contributed by atoms with Crippen LogP contribution in [0.1, 0.15) is 23.6 Å². The third kappa shape index (κ3) is 4.43. The van der Waals surface area contributed by atoms with Crippen molar-refractivity contribution in [2.45, 2.75) is 26.4 Å². The number of pyridine rings is 1. The lowest BCUT2D eigenvalue weighted by molar-refractivity contribution is 0.319. The van der Waals surface area contributed by atoms with Crippen LogP contribution in [0, 0.1) is 0 Å². The molecule has 5 heteroatoms. The molecule has 2 heterocycles. The van der Waals surface area contributed by atoms with E-state index in [-0.39, 0.29) is 0 Å². The van der Waals surface area contributed by atoms with E-state index >= 15 is 0 Å². The molecule has 0 fully saturated rings. The summed E-state index contributed by atoms with van der Waals surface area (Å²) in [5, 5.41) is 3.46. The first-order valence-corrected chi connectivity index (χ1v) is 9.62. The fourth-order valence-corrected chi connectivity index (χ4v) is 3.20. The molecule has 0 radical (unpaired) electrons. The van der Waals surface area contributed by atoms with E-state index in [1.54, 1.807) is 0 Å². The lowest BCUT2D eigenvalue weighted by Crippen LogP contribution is -2.12. The number of fused-ring (bicyclic) bond motifs is 1. The smallest absolute Gasteiger partial charge is 0.219 e. The molecule has 144 valence electrons. The minimum Gasteiger partial charge on any atom is -0.493 e. The fraction of sp³-hybridized carbons (Fsp3) is 0.261. The first-order chi connectivity index (χ1) is 13.8. The number of nitrogens with zero attached hydrogens (tertiary/aromatic N) is 1. The molecule has 0 saturated carbocycles. The molecule has 1 N–H and O–H groups in total. The Balaban J connectivity index is 1.31. The number of ether oxygens (including phenoxy) is 3. The largest absolute Gasteiger partial charge is 0.493 e. The minimum absolute atomic E-state index is 0.550. The van der Waals surface area contributed by atoms with Gasteiger partial charge in [-0.05, 0) is 41.8 Å². The SMILES string of the molecule is CCOc1ccccc1Oc1ccc(CNCc2ccc3c(c2)CCO3)cn1. The molecule has 0 aliphatic carbocycles. The van der Waals surface area contributed by atoms with Crippen LogP contribution in [-0.2, 0) is 19.5 Å². The van der Waals surface area contributed by atoms with Crippen molar-refractivity contribution in [1.82, 2.24) is 10.3 Å². The highest BCUT2D eigenvalue weighted by atomic mass is 16.5. The van der Waals surface area contributed by atoms with E-state index in [4.69, 9.17) is 14.2 Å². The van der Waals surface area contributed by atoms with Crippen molar-refractivity contribution in [2.75, 3.05) is 13.2 Å². The van der Waals surface area contributed by atoms with E-state index in [9.17, 15) is 0 Å². The molecule has 2 aromatic carbocycles. The van der Waals surface area contributed by atoms with Crippen LogP contribution in [0.2, 0.25) is 0 Å². The van der Waals surface area contributed by atoms with E-state index in [1.165, 1.54) is 11.1 Å². The molecule has 1 aliphatic rings. The Morgan fingerprint density at radius 2 is 1.82 bits per heavy atom. The van der Waals surface area contributed by atoms with Crippen LogP contribution < -0.4 is 19.5 Å². The monoisotopic (exact) mass is 376 g/mol. The number of nitrogens with one attached hydrogen (secondary N) is 1. The van der Waals surface area contributed by atoms with Crippen LogP contribution in [0.4, 0.5) is 0 Å². The van der Waals surface area contributed by atoms with E-state index in [0.29, 0.717) is 18.2 Å². The quantitative estimate of drug-likeness (QED) is 0.627. The van der Waals surface area contributed by atoms with E-state index < -0.39 is 0 Å². The highest BCUT2D eigenvalue weighted by Gasteiger charge is 2.11. The summed E-state index contributed by atoms with van der Waals surface area (Å²) in [6.07, 6.45) is 2.84. The third-order valence-electron chi connectivity index (χ3n) is 4.57. The van der Waals surface area contributed by atoms with Gasteiger partial charge < -0.3 is 19.5 Å². The Bertz CT molecular complexity index is 925. The zero-order valence-corrected chi connectivity index (χ0v) is 16.0. The van der Waals surface area contributed by atoms with Crippen molar-refractivity contribution in [3.05, 3.63) is 77.5 Å². The molecule has 0 bridgehead atoms. The number of hydrogen-bond donors (Lipinski definition) is 1. The van der Waals surface area contributed by atoms with Gasteiger partial charge in [0.25, 0.3) is 0 Å². The molecule has 3 aromatic rings. The molecule has 1 aliphatic heterocycles. The van der Waals surface area contributed by atoms with Crippen molar-refractivity contribution in [1.29, 1.82) is 0 Å². The zero-order valence-electron chi connectivity index (χ0n) is 16.0. The lowest BCUT2D eigenvalue weighted by Gasteiger charge is -2.11. The van der Waals surface area contributed by atoms with Gasteiger partial charge in [0.1, 0.15) is 5.75 Å². The Morgan fingerprint density at radius 1 is 1.00 bits per heavy atom. The maximum Gasteiger partial charge on any atom is 0.219 e. The number of hydrogen-bond acceptors (Lipinski definition) is 5. The summed E-state index contributed by atoms with van der Waals surface area (Å²) in [5.74, 6) is 2.96. The molecule has 28 heavy (non-hydrogen) atoms. The summed E-state index contributed by atoms with van der Waals surface area (Å²) >= 11 is 0. The minimum atomic E-state index is 0.550. The Hall–Kier alpha value is -3.05. The Kier molecular flexibility index (Phi) is 5.73. The topological polar surface area (TPSA) is 52.6 Å². The normalized spacial score (nSPS) is 12.3. The van der Waals surface area contributed by atoms with Crippen LogP contribution in [-0.4, -0.2) is 18.2 Å². The van der Waals surface area contributed by atoms with Gasteiger partial charge in [-0.3, -0.25) is 0 Å². The number of benzene rings is 2. The van der Waals surface area contributed by atoms with Crippen LogP contribution in [0.25, 0.3) is 0 Å². The highest BCUT2D eigenvalue weighted by Crippen LogP contribution is 2.30. The molecule has 4 rings (SSSR count). The molecule has 1 aromatic heterocycles. The van der Waals surface area contributed by atoms with Crippen LogP contribution in [0.3, 0.4) is 0 Å². The maximum atomic E-state index is 5.87. The number of para-hydroxylation sites is 2. The zero-order chi connectivity index (χ0) is 19.2. The van der Waals surface area contributed by atoms with Gasteiger partial charge >= 0.3 is 0 Å². The molecule has 0 spiro atoms. The van der Waals surface area contributed by atoms with Gasteiger partial charge in [-0.2, -0.15) is 0 Å². The Morgan fingerprint density at radius 3 is 2.64 bits per heavy atom. The molecule has 0 atom stereocenters. The average Bonchev–Trinajstić information content (AvgIpc) is 3.19. The van der Waals surface area contributed by atoms with Gasteiger partial charge in [-0.1, -0.05) is 30.3 Å². The van der Waals surface area contributed by atoms with Gasteiger partial charge in [0.2, 0.25) is 5.88 Å². The Labute approximate surface area is 165 Å². The number of rotatable bonds is 8. The van der Waals surface area contributed by atoms with Gasteiger partial charge in [-0.25, -0.2) is 4.98 Å². The van der Waals surface area contributed by atoms with Crippen LogP contribution in [0.15, 0.2) is 60.8 Å². The first-order valence-electron chi connectivity index (χ1n) is 9.62. The van der Waals surface area contributed by atoms with Gasteiger partial charge in [0.15, 0.2) is 11.5 Å². The molecule has 0 unspecified atom stereocenters. The van der Waals surface area contributed by atoms with Crippen LogP contribution >= 0.6 is 0 Å². The summed E-state index contributed by atoms with van der Waals surface area (Å²) in [4.78, 5) is 4.41. The predicted octanol–water partition coefficient (Wildman–Crippen LogP) is 4.50. The third-order valence-corrected chi connectivity index (χ3v) is 4.57. The van der Waals surface area contributed by atoms with Gasteiger partial charge in [0, 0.05) is 31.8 Å². The van der Waals surface area contributed by atoms with Crippen molar-refractivity contribution in [2.24, 2.45) is 0 Å². The second-order valence-electron chi connectivity index (χ2n) is 6.63. The molecule has 0 amide bonds. The standard InChI is InChI=1S/C23H24N2O3/c1-2-26-21-5-3-4-6-22(21)28-23-10-8-18(16-25-23)15-24-14-17-7-9-20-19(13-17)11-12-27-20/h3-10,13,16,24H,2,11-12,14-15H2,1H3. The molecular formula is C23H24N2O3. The van der Waals surface area contributed by atoms with E-state index in [2.05, 4.69) is 28.5 Å². The fourth-order valence-electron chi connectivity index (χ4n) is 3.20. The highest BCUT2D eigenvalue weighted by molar-refractivity contribution is 5.42. The van der Waals surface area contributed by atoms with Crippen molar-refractivity contribution in [3.63, 3.8) is 0 Å². The maximum absolute atomic E-state index is 5.87. The summed E-state index contributed by atoms with van der Waals surface area (Å²) in [6.45, 7) is 4.90. The summed E-state index contributed by atoms with van der Waals surface area (Å²) in [6, 6.07) is 17.9. The van der Waals surface area contributed by atoms with Crippen molar-refractivity contribution >= 4 is 0 Å². The van der Waals surface area contributed by atoms with Crippen molar-refractivity contribution in [3.8, 4) is 23.1 Å². The molecular weight excluding hydrogens is 352 g/mol. The lowest BCUT2D eigenvalue weighted by atomic mass is 10.1. The molecule has 0 saturated heterocycles. The van der Waals surface area contributed by atoms with Gasteiger partial charge in [0.05, 0.1) is 13.2 Å². The summed E-state index contributed by atoms with van der Waals surface area (Å²) in [7, 11) is 0. The second kappa shape index (κ2) is 8.76. The predicted molar refractivity (Wildman–Crippen MR) is 108 cm³/mol.